The lowest BCUT2D eigenvalue weighted by atomic mass is 10.2. The Bertz CT molecular complexity index is 688. The van der Waals surface area contributed by atoms with Crippen LogP contribution in [0.25, 0.3) is 0 Å². The number of aromatic nitrogens is 2. The normalized spacial score (nSPS) is 14.8. The van der Waals surface area contributed by atoms with Crippen molar-refractivity contribution in [1.29, 1.82) is 0 Å². The number of nitrogens with two attached hydrogens (primary N) is 1. The van der Waals surface area contributed by atoms with E-state index in [1.807, 2.05) is 6.92 Å². The third kappa shape index (κ3) is 4.18. The number of likely N-dealkylation sites (N-methyl/N-ethyl adjacent to an activating group) is 1. The van der Waals surface area contributed by atoms with Crippen molar-refractivity contribution in [2.24, 2.45) is 0 Å². The highest BCUT2D eigenvalue weighted by molar-refractivity contribution is 5.82. The summed E-state index contributed by atoms with van der Waals surface area (Å²) in [5, 5.41) is 2.98. The van der Waals surface area contributed by atoms with Crippen molar-refractivity contribution in [2.75, 3.05) is 24.2 Å². The minimum Gasteiger partial charge on any atom is -0.383 e. The summed E-state index contributed by atoms with van der Waals surface area (Å²) in [5.74, 6) is -0.0390. The molecule has 1 aliphatic carbocycles. The first-order chi connectivity index (χ1) is 11.4. The molecule has 24 heavy (non-hydrogen) atoms. The molecule has 0 spiro atoms. The summed E-state index contributed by atoms with van der Waals surface area (Å²) in [4.78, 5) is 40.0. The maximum atomic E-state index is 12.2. The zero-order chi connectivity index (χ0) is 17.7. The molecule has 1 aromatic heterocycles. The molecule has 1 aromatic rings. The molecule has 8 heteroatoms. The molecule has 0 aromatic carbocycles. The van der Waals surface area contributed by atoms with Crippen molar-refractivity contribution in [3.05, 3.63) is 20.8 Å². The third-order valence-electron chi connectivity index (χ3n) is 4.43. The zero-order valence-electron chi connectivity index (χ0n) is 14.4. The summed E-state index contributed by atoms with van der Waals surface area (Å²) in [6.45, 7) is 2.47. The van der Waals surface area contributed by atoms with E-state index in [9.17, 15) is 14.4 Å². The Hall–Kier alpha value is -2.25. The Labute approximate surface area is 141 Å². The highest BCUT2D eigenvalue weighted by Crippen LogP contribution is 2.18. The van der Waals surface area contributed by atoms with Crippen molar-refractivity contribution >= 4 is 17.4 Å². The van der Waals surface area contributed by atoms with Gasteiger partial charge in [0.15, 0.2) is 0 Å². The summed E-state index contributed by atoms with van der Waals surface area (Å²) in [6, 6.07) is 0.222. The molecule has 2 rings (SSSR count). The zero-order valence-corrected chi connectivity index (χ0v) is 14.4. The lowest BCUT2D eigenvalue weighted by Gasteiger charge is -2.22. The lowest BCUT2D eigenvalue weighted by Crippen LogP contribution is -2.43. The van der Waals surface area contributed by atoms with Crippen molar-refractivity contribution in [1.82, 2.24) is 14.9 Å². The maximum Gasteiger partial charge on any atom is 0.330 e. The van der Waals surface area contributed by atoms with Gasteiger partial charge in [0.2, 0.25) is 5.91 Å². The molecule has 0 atom stereocenters. The second-order valence-corrected chi connectivity index (χ2v) is 6.40. The van der Waals surface area contributed by atoms with Crippen LogP contribution >= 0.6 is 0 Å². The number of unbranched alkanes of at least 4 members (excludes halogenated alkanes) is 1. The van der Waals surface area contributed by atoms with Crippen LogP contribution in [0.3, 0.4) is 0 Å². The molecule has 134 valence electrons. The molecule has 0 bridgehead atoms. The number of hydrogen-bond donors (Lipinski definition) is 3. The van der Waals surface area contributed by atoms with Crippen LogP contribution < -0.4 is 27.2 Å². The number of H-pyrrole nitrogens is 1. The third-order valence-corrected chi connectivity index (χ3v) is 4.43. The van der Waals surface area contributed by atoms with Crippen LogP contribution in [0.2, 0.25) is 0 Å². The van der Waals surface area contributed by atoms with Crippen LogP contribution in [0.4, 0.5) is 11.5 Å². The minimum atomic E-state index is -0.568. The average molecular weight is 337 g/mol. The first kappa shape index (κ1) is 18.1. The van der Waals surface area contributed by atoms with Gasteiger partial charge in [-0.05, 0) is 19.3 Å². The van der Waals surface area contributed by atoms with Gasteiger partial charge in [0.25, 0.3) is 5.56 Å². The number of aromatic amines is 1. The molecule has 0 unspecified atom stereocenters. The van der Waals surface area contributed by atoms with Crippen molar-refractivity contribution in [3.8, 4) is 0 Å². The Morgan fingerprint density at radius 2 is 2.04 bits per heavy atom. The highest BCUT2D eigenvalue weighted by atomic mass is 16.2. The molecule has 0 radical (unpaired) electrons. The van der Waals surface area contributed by atoms with Crippen molar-refractivity contribution in [3.63, 3.8) is 0 Å². The average Bonchev–Trinajstić information content (AvgIpc) is 2.99. The molecule has 4 N–H and O–H groups in total. The predicted molar refractivity (Wildman–Crippen MR) is 94.3 cm³/mol. The SMILES string of the molecule is CCCCn1c(N)c(N(C)CC(=O)NC2CCCC2)c(=O)[nH]c1=O. The lowest BCUT2D eigenvalue weighted by molar-refractivity contribution is -0.120. The molecule has 0 saturated heterocycles. The van der Waals surface area contributed by atoms with Gasteiger partial charge in [0.1, 0.15) is 11.5 Å². The fourth-order valence-electron chi connectivity index (χ4n) is 3.12. The quantitative estimate of drug-likeness (QED) is 0.667. The molecular weight excluding hydrogens is 310 g/mol. The second-order valence-electron chi connectivity index (χ2n) is 6.40. The first-order valence-corrected chi connectivity index (χ1v) is 8.57. The largest absolute Gasteiger partial charge is 0.383 e. The number of nitrogen functional groups attached to an aromatic ring is 1. The Morgan fingerprint density at radius 1 is 1.38 bits per heavy atom. The molecule has 0 aliphatic heterocycles. The Balaban J connectivity index is 2.15. The number of carbonyl (C=O) groups excluding carboxylic acids is 1. The molecule has 1 aliphatic rings. The molecule has 8 nitrogen and oxygen atoms in total. The number of nitrogens with zero attached hydrogens (tertiary/aromatic N) is 2. The molecule has 1 fully saturated rings. The van der Waals surface area contributed by atoms with E-state index < -0.39 is 11.2 Å². The summed E-state index contributed by atoms with van der Waals surface area (Å²) in [7, 11) is 1.63. The summed E-state index contributed by atoms with van der Waals surface area (Å²) >= 11 is 0. The molecule has 1 saturated carbocycles. The van der Waals surface area contributed by atoms with Crippen LogP contribution in [0.15, 0.2) is 9.59 Å². The first-order valence-electron chi connectivity index (χ1n) is 8.57. The summed E-state index contributed by atoms with van der Waals surface area (Å²) < 4.78 is 1.35. The van der Waals surface area contributed by atoms with Crippen LogP contribution in [0, 0.1) is 0 Å². The van der Waals surface area contributed by atoms with E-state index in [1.165, 1.54) is 9.47 Å². The van der Waals surface area contributed by atoms with Crippen LogP contribution in [0.5, 0.6) is 0 Å². The van der Waals surface area contributed by atoms with Gasteiger partial charge in [-0.3, -0.25) is 19.1 Å². The van der Waals surface area contributed by atoms with Gasteiger partial charge in [0, 0.05) is 19.6 Å². The molecule has 1 amide bonds. The smallest absolute Gasteiger partial charge is 0.330 e. The topological polar surface area (TPSA) is 113 Å². The molecular formula is C16H27N5O3. The fourth-order valence-corrected chi connectivity index (χ4v) is 3.12. The molecule has 1 heterocycles. The fraction of sp³-hybridized carbons (Fsp3) is 0.688. The number of hydrogen-bond acceptors (Lipinski definition) is 5. The monoisotopic (exact) mass is 337 g/mol. The number of amides is 1. The number of carbonyl (C=O) groups is 1. The summed E-state index contributed by atoms with van der Waals surface area (Å²) in [6.07, 6.45) is 5.95. The van der Waals surface area contributed by atoms with Gasteiger partial charge in [-0.15, -0.1) is 0 Å². The van der Waals surface area contributed by atoms with Gasteiger partial charge < -0.3 is 16.0 Å². The predicted octanol–water partition coefficient (Wildman–Crippen LogP) is 0.414. The van der Waals surface area contributed by atoms with Gasteiger partial charge in [0.05, 0.1) is 6.54 Å². The van der Waals surface area contributed by atoms with Crippen LogP contribution in [0.1, 0.15) is 45.4 Å². The van der Waals surface area contributed by atoms with Crippen molar-refractivity contribution in [2.45, 2.75) is 58.0 Å². The van der Waals surface area contributed by atoms with Gasteiger partial charge in [-0.1, -0.05) is 26.2 Å². The summed E-state index contributed by atoms with van der Waals surface area (Å²) in [5.41, 5.74) is 5.11. The van der Waals surface area contributed by atoms with E-state index in [0.29, 0.717) is 6.54 Å². The van der Waals surface area contributed by atoms with E-state index in [4.69, 9.17) is 5.73 Å². The van der Waals surface area contributed by atoms with Gasteiger partial charge in [-0.2, -0.15) is 0 Å². The highest BCUT2D eigenvalue weighted by Gasteiger charge is 2.21. The van der Waals surface area contributed by atoms with E-state index in [1.54, 1.807) is 7.05 Å². The van der Waals surface area contributed by atoms with Gasteiger partial charge in [-0.25, -0.2) is 4.79 Å². The number of anilines is 2. The van der Waals surface area contributed by atoms with Crippen molar-refractivity contribution < 1.29 is 4.79 Å². The van der Waals surface area contributed by atoms with Gasteiger partial charge >= 0.3 is 5.69 Å². The van der Waals surface area contributed by atoms with Crippen LogP contribution in [-0.2, 0) is 11.3 Å². The number of rotatable bonds is 7. The Morgan fingerprint density at radius 3 is 2.67 bits per heavy atom. The van der Waals surface area contributed by atoms with Crippen LogP contribution in [-0.4, -0.2) is 35.1 Å². The maximum absolute atomic E-state index is 12.2. The number of nitrogens with one attached hydrogen (secondary N) is 2. The Kier molecular flexibility index (Phi) is 6.05. The van der Waals surface area contributed by atoms with E-state index >= 15 is 0 Å². The standard InChI is InChI=1S/C16H27N5O3/c1-3-4-9-21-14(17)13(15(23)19-16(21)24)20(2)10-12(22)18-11-7-5-6-8-11/h11H,3-10,17H2,1-2H3,(H,18,22)(H,19,23,24). The van der Waals surface area contributed by atoms with E-state index in [-0.39, 0.29) is 30.0 Å². The van der Waals surface area contributed by atoms with E-state index in [2.05, 4.69) is 10.3 Å². The second kappa shape index (κ2) is 8.03. The minimum absolute atomic E-state index is 0.0236. The van der Waals surface area contributed by atoms with E-state index in [0.717, 1.165) is 38.5 Å².